The number of likely N-dealkylation sites (tertiary alicyclic amines) is 1. The molecule has 1 N–H and O–H groups in total. The van der Waals surface area contributed by atoms with E-state index in [2.05, 4.69) is 15.2 Å². The van der Waals surface area contributed by atoms with Crippen molar-refractivity contribution in [1.82, 2.24) is 20.2 Å². The number of piperidine rings is 2. The Balaban J connectivity index is 0.00000218. The molecule has 0 aliphatic carbocycles. The van der Waals surface area contributed by atoms with Crippen molar-refractivity contribution in [3.05, 3.63) is 47.8 Å². The van der Waals surface area contributed by atoms with Crippen molar-refractivity contribution in [2.75, 3.05) is 32.8 Å². The molecule has 3 aliphatic rings. The minimum Gasteiger partial charge on any atom is -0.368 e. The fourth-order valence-corrected chi connectivity index (χ4v) is 4.93. The Morgan fingerprint density at radius 3 is 2.60 bits per heavy atom. The summed E-state index contributed by atoms with van der Waals surface area (Å²) in [5.74, 6) is 1.25. The van der Waals surface area contributed by atoms with Gasteiger partial charge in [-0.2, -0.15) is 0 Å². The lowest BCUT2D eigenvalue weighted by molar-refractivity contribution is -0.146. The molecule has 1 aromatic carbocycles. The maximum atomic E-state index is 12.9. The molecule has 1 spiro atoms. The molecule has 30 heavy (non-hydrogen) atoms. The zero-order valence-corrected chi connectivity index (χ0v) is 18.0. The van der Waals surface area contributed by atoms with Gasteiger partial charge in [-0.15, -0.1) is 12.4 Å². The van der Waals surface area contributed by atoms with Gasteiger partial charge in [0, 0.05) is 30.8 Å². The lowest BCUT2D eigenvalue weighted by atomic mass is 9.82. The monoisotopic (exact) mass is 428 g/mol. The fourth-order valence-electron chi connectivity index (χ4n) is 4.93. The van der Waals surface area contributed by atoms with Crippen LogP contribution in [0.25, 0.3) is 11.4 Å². The third kappa shape index (κ3) is 3.96. The van der Waals surface area contributed by atoms with E-state index in [1.807, 2.05) is 36.5 Å². The quantitative estimate of drug-likeness (QED) is 0.796. The first-order valence-corrected chi connectivity index (χ1v) is 10.8. The number of carbonyl (C=O) groups excluding carboxylic acids is 1. The molecule has 2 saturated heterocycles. The average Bonchev–Trinajstić information content (AvgIpc) is 2.80. The van der Waals surface area contributed by atoms with E-state index >= 15 is 0 Å². The molecule has 1 amide bonds. The Labute approximate surface area is 183 Å². The van der Waals surface area contributed by atoms with Crippen LogP contribution in [0.15, 0.2) is 36.5 Å². The number of hydrogen-bond acceptors (Lipinski definition) is 5. The Bertz CT molecular complexity index is 878. The largest absolute Gasteiger partial charge is 0.368 e. The molecular formula is C23H29ClN4O2. The summed E-state index contributed by atoms with van der Waals surface area (Å²) >= 11 is 0. The molecule has 7 heteroatoms. The number of nitrogens with one attached hydrogen (secondary N) is 1. The summed E-state index contributed by atoms with van der Waals surface area (Å²) in [6, 6.07) is 10.1. The lowest BCUT2D eigenvalue weighted by Gasteiger charge is -2.44. The number of hydrogen-bond donors (Lipinski definition) is 1. The summed E-state index contributed by atoms with van der Waals surface area (Å²) in [7, 11) is 0. The van der Waals surface area contributed by atoms with Crippen molar-refractivity contribution in [3.8, 4) is 11.4 Å². The van der Waals surface area contributed by atoms with Crippen molar-refractivity contribution in [2.45, 2.75) is 37.7 Å². The molecule has 160 valence electrons. The predicted molar refractivity (Wildman–Crippen MR) is 117 cm³/mol. The third-order valence-electron chi connectivity index (χ3n) is 6.65. The summed E-state index contributed by atoms with van der Waals surface area (Å²) < 4.78 is 6.36. The smallest absolute Gasteiger partial charge is 0.225 e. The normalized spacial score (nSPS) is 21.0. The van der Waals surface area contributed by atoms with E-state index in [9.17, 15) is 4.79 Å². The molecule has 2 fully saturated rings. The van der Waals surface area contributed by atoms with Crippen molar-refractivity contribution in [2.24, 2.45) is 5.92 Å². The van der Waals surface area contributed by atoms with Crippen LogP contribution in [-0.4, -0.2) is 53.6 Å². The van der Waals surface area contributed by atoms with Crippen LogP contribution in [-0.2, 0) is 21.6 Å². The van der Waals surface area contributed by atoms with Gasteiger partial charge in [-0.3, -0.25) is 4.79 Å². The van der Waals surface area contributed by atoms with E-state index in [1.54, 1.807) is 0 Å². The highest BCUT2D eigenvalue weighted by Gasteiger charge is 2.44. The van der Waals surface area contributed by atoms with Crippen molar-refractivity contribution < 1.29 is 9.53 Å². The summed E-state index contributed by atoms with van der Waals surface area (Å²) in [6.07, 6.45) is 6.34. The van der Waals surface area contributed by atoms with E-state index in [4.69, 9.17) is 9.72 Å². The zero-order chi connectivity index (χ0) is 19.7. The van der Waals surface area contributed by atoms with Gasteiger partial charge in [-0.1, -0.05) is 30.3 Å². The number of benzene rings is 1. The first-order valence-electron chi connectivity index (χ1n) is 10.8. The molecule has 0 saturated carbocycles. The van der Waals surface area contributed by atoms with Crippen molar-refractivity contribution in [3.63, 3.8) is 0 Å². The van der Waals surface area contributed by atoms with Gasteiger partial charge < -0.3 is 15.0 Å². The Morgan fingerprint density at radius 1 is 1.13 bits per heavy atom. The summed E-state index contributed by atoms with van der Waals surface area (Å²) in [5, 5.41) is 3.34. The number of nitrogens with zero attached hydrogens (tertiary/aromatic N) is 3. The van der Waals surface area contributed by atoms with Gasteiger partial charge >= 0.3 is 0 Å². The Morgan fingerprint density at radius 2 is 1.87 bits per heavy atom. The molecular weight excluding hydrogens is 400 g/mol. The fraction of sp³-hybridized carbons (Fsp3) is 0.522. The van der Waals surface area contributed by atoms with Crippen LogP contribution in [0.4, 0.5) is 0 Å². The molecule has 0 unspecified atom stereocenters. The molecule has 0 atom stereocenters. The van der Waals surface area contributed by atoms with E-state index < -0.39 is 0 Å². The van der Waals surface area contributed by atoms with E-state index in [0.717, 1.165) is 75.4 Å². The SMILES string of the molecule is Cl.O=C(C1CCNCC1)N1CCC2(CC1)OCCc1cnc(-c3ccccc3)nc12. The standard InChI is InChI=1S/C23H28N4O2.ClH/c28-22(18-6-11-24-12-7-18)27-13-9-23(10-14-27)20-19(8-15-29-23)16-25-21(26-20)17-4-2-1-3-5-17;/h1-5,16,18,24H,6-15H2;1H. The van der Waals surface area contributed by atoms with Crippen molar-refractivity contribution in [1.29, 1.82) is 0 Å². The zero-order valence-electron chi connectivity index (χ0n) is 17.2. The van der Waals surface area contributed by atoms with Gasteiger partial charge in [-0.05, 0) is 50.8 Å². The van der Waals surface area contributed by atoms with Gasteiger partial charge in [0.05, 0.1) is 12.3 Å². The average molecular weight is 429 g/mol. The van der Waals surface area contributed by atoms with E-state index in [-0.39, 0.29) is 23.9 Å². The minimum atomic E-state index is -0.384. The van der Waals surface area contributed by atoms with Gasteiger partial charge in [0.25, 0.3) is 0 Å². The van der Waals surface area contributed by atoms with E-state index in [1.165, 1.54) is 5.56 Å². The number of rotatable bonds is 2. The van der Waals surface area contributed by atoms with Crippen LogP contribution >= 0.6 is 12.4 Å². The summed E-state index contributed by atoms with van der Waals surface area (Å²) in [4.78, 5) is 24.6. The number of aromatic nitrogens is 2. The summed E-state index contributed by atoms with van der Waals surface area (Å²) in [5.41, 5.74) is 2.86. The van der Waals surface area contributed by atoms with Crippen LogP contribution in [0.3, 0.4) is 0 Å². The van der Waals surface area contributed by atoms with Gasteiger partial charge in [0.15, 0.2) is 5.82 Å². The van der Waals surface area contributed by atoms with Gasteiger partial charge in [-0.25, -0.2) is 9.97 Å². The molecule has 0 bridgehead atoms. The van der Waals surface area contributed by atoms with Crippen LogP contribution in [0, 0.1) is 5.92 Å². The van der Waals surface area contributed by atoms with Gasteiger partial charge in [0.1, 0.15) is 5.60 Å². The van der Waals surface area contributed by atoms with E-state index in [0.29, 0.717) is 12.5 Å². The first kappa shape index (κ1) is 21.2. The van der Waals surface area contributed by atoms with Crippen molar-refractivity contribution >= 4 is 18.3 Å². The number of halogens is 1. The first-order chi connectivity index (χ1) is 14.3. The minimum absolute atomic E-state index is 0. The second-order valence-corrected chi connectivity index (χ2v) is 8.38. The Hall–Kier alpha value is -2.02. The molecule has 4 heterocycles. The second-order valence-electron chi connectivity index (χ2n) is 8.38. The molecule has 3 aliphatic heterocycles. The second kappa shape index (κ2) is 9.00. The maximum absolute atomic E-state index is 12.9. The van der Waals surface area contributed by atoms with Crippen LogP contribution in [0.5, 0.6) is 0 Å². The topological polar surface area (TPSA) is 67.4 Å². The number of ether oxygens (including phenoxy) is 1. The molecule has 2 aromatic rings. The van der Waals surface area contributed by atoms with Crippen LogP contribution < -0.4 is 5.32 Å². The molecule has 5 rings (SSSR count). The third-order valence-corrected chi connectivity index (χ3v) is 6.65. The lowest BCUT2D eigenvalue weighted by Crippen LogP contribution is -2.51. The Kier molecular flexibility index (Phi) is 6.37. The number of fused-ring (bicyclic) bond motifs is 2. The highest BCUT2D eigenvalue weighted by molar-refractivity contribution is 5.85. The highest BCUT2D eigenvalue weighted by atomic mass is 35.5. The molecule has 6 nitrogen and oxygen atoms in total. The van der Waals surface area contributed by atoms with Gasteiger partial charge in [0.2, 0.25) is 5.91 Å². The maximum Gasteiger partial charge on any atom is 0.225 e. The highest BCUT2D eigenvalue weighted by Crippen LogP contribution is 2.41. The summed E-state index contributed by atoms with van der Waals surface area (Å²) in [6.45, 7) is 4.08. The number of amides is 1. The van der Waals surface area contributed by atoms with Crippen LogP contribution in [0.2, 0.25) is 0 Å². The van der Waals surface area contributed by atoms with Crippen LogP contribution in [0.1, 0.15) is 36.9 Å². The molecule has 1 aromatic heterocycles. The number of carbonyl (C=O) groups is 1. The predicted octanol–water partition coefficient (Wildman–Crippen LogP) is 2.96. The molecule has 0 radical (unpaired) electrons.